The minimum atomic E-state index is -4.94. The van der Waals surface area contributed by atoms with Crippen LogP contribution in [0.5, 0.6) is 0 Å². The van der Waals surface area contributed by atoms with Gasteiger partial charge in [-0.05, 0) is 0 Å². The van der Waals surface area contributed by atoms with E-state index in [0.29, 0.717) is 0 Å². The average molecular weight is 613 g/mol. The third-order valence-corrected chi connectivity index (χ3v) is 0. The van der Waals surface area contributed by atoms with Crippen LogP contribution in [0.15, 0.2) is 0 Å². The summed E-state index contributed by atoms with van der Waals surface area (Å²) in [6.45, 7) is 0. The van der Waals surface area contributed by atoms with Crippen molar-refractivity contribution in [1.29, 1.82) is 0 Å². The Morgan fingerprint density at radius 2 is 0.625 bits per heavy atom. The third-order valence-electron chi connectivity index (χ3n) is 0. The molecule has 0 saturated carbocycles. The Morgan fingerprint density at radius 3 is 0.625 bits per heavy atom. The van der Waals surface area contributed by atoms with Crippen molar-refractivity contribution in [3.63, 3.8) is 0 Å². The molecule has 0 aliphatic heterocycles. The summed E-state index contributed by atoms with van der Waals surface area (Å²) in [7, 11) is -10.6. The first-order valence-corrected chi connectivity index (χ1v) is 16.0. The van der Waals surface area contributed by atoms with Crippen LogP contribution in [0.2, 0.25) is 0 Å². The van der Waals surface area contributed by atoms with Gasteiger partial charge in [0.15, 0.2) is 0 Å². The van der Waals surface area contributed by atoms with Crippen molar-refractivity contribution >= 4 is 40.9 Å². The fourth-order valence-corrected chi connectivity index (χ4v) is 0. The zero-order valence-corrected chi connectivity index (χ0v) is 15.6. The molecule has 0 aromatic rings. The van der Waals surface area contributed by atoms with Gasteiger partial charge in [-0.15, -0.1) is 20.5 Å². The molecule has 106 valence electrons. The molecule has 0 amide bonds. The number of rotatable bonds is 0. The van der Waals surface area contributed by atoms with Crippen molar-refractivity contribution in [2.24, 2.45) is 0 Å². The number of hydrogen-bond acceptors (Lipinski definition) is 8. The first kappa shape index (κ1) is 31.3. The molecule has 1 radical (unpaired) electrons. The molecule has 0 atom stereocenters. The fraction of sp³-hybridized carbons (Fsp3) is 0. The second kappa shape index (κ2) is 15.9. The smallest absolute Gasteiger partial charge is 0.222 e. The second-order valence-corrected chi connectivity index (χ2v) is 26.5. The standard InChI is InChI=1S/3BrH.2ClHO4.Mn.H2O.Ru/c;;;2*2-1(3,4)5;;;/h3*1H;2*(H,2,3,4,5);;1H2;/q;;;;;+2;;+3/p-5. The van der Waals surface area contributed by atoms with Crippen LogP contribution >= 0.6 is 40.9 Å². The fourth-order valence-electron chi connectivity index (χ4n) is 0. The van der Waals surface area contributed by atoms with E-state index >= 15 is 0 Å². The maximum Gasteiger partial charge on any atom is 2.00 e. The maximum absolute atomic E-state index is 8.49. The zero-order valence-electron chi connectivity index (χ0n) is 6.39. The minimum absolute atomic E-state index is 0. The topological polar surface area (TPSA) is 216 Å². The largest absolute Gasteiger partial charge is 2.00 e. The van der Waals surface area contributed by atoms with Crippen molar-refractivity contribution in [2.45, 2.75) is 0 Å². The quantitative estimate of drug-likeness (QED) is 0.239. The summed E-state index contributed by atoms with van der Waals surface area (Å²) < 4.78 is 67.9. The molecule has 16 heavy (non-hydrogen) atoms. The third kappa shape index (κ3) is 534. The first-order valence-electron chi connectivity index (χ1n) is 1.64. The molecule has 0 aliphatic carbocycles. The van der Waals surface area contributed by atoms with Crippen molar-refractivity contribution in [2.75, 3.05) is 0 Å². The van der Waals surface area contributed by atoms with E-state index in [1.807, 2.05) is 0 Å². The van der Waals surface area contributed by atoms with Gasteiger partial charge < -0.3 is 5.48 Å². The van der Waals surface area contributed by atoms with E-state index in [1.165, 1.54) is 0 Å². The van der Waals surface area contributed by atoms with Gasteiger partial charge in [0.25, 0.3) is 0 Å². The van der Waals surface area contributed by atoms with Gasteiger partial charge in [-0.2, -0.15) is 0 Å². The molecule has 0 aliphatic rings. The molecular formula is H2Br3Cl2MnO9Ru. The molecule has 16 heteroatoms. The molecule has 0 aromatic heterocycles. The second-order valence-electron chi connectivity index (χ2n) is 0.907. The normalized spacial score (nSPS) is 10.3. The minimum Gasteiger partial charge on any atom is -0.222 e. The maximum atomic E-state index is 8.49. The van der Waals surface area contributed by atoms with E-state index in [-0.39, 0.29) is 22.5 Å². The summed E-state index contributed by atoms with van der Waals surface area (Å²) in [5, 5.41) is 0. The average Bonchev–Trinajstić information content (AvgIpc) is 1.45. The zero-order chi connectivity index (χ0) is 12.6. The molecule has 0 heterocycles. The van der Waals surface area contributed by atoms with E-state index in [9.17, 15) is 0 Å². The van der Waals surface area contributed by atoms with Crippen LogP contribution in [0, 0.1) is 20.5 Å². The van der Waals surface area contributed by atoms with E-state index < -0.39 is 30.6 Å². The van der Waals surface area contributed by atoms with Crippen molar-refractivity contribution < 1.29 is 90.4 Å². The molecule has 9 nitrogen and oxygen atoms in total. The molecule has 0 bridgehead atoms. The van der Waals surface area contributed by atoms with Gasteiger partial charge in [0, 0.05) is 0 Å². The SMILES string of the molecule is O.[Br][Ru]([Br])[Br].[Mn+2].[O-][Cl+3]([O-])([O-])[O-].[O-][Cl+3]([O-])([O-])[O-]. The number of halogens is 5. The predicted octanol–water partition coefficient (Wildman–Crippen LogP) is -7.80. The molecule has 0 rings (SSSR count). The van der Waals surface area contributed by atoms with E-state index in [4.69, 9.17) is 37.3 Å². The molecular weight excluding hydrogens is 611 g/mol. The molecule has 0 spiro atoms. The Balaban J connectivity index is -0.0000000358. The monoisotopic (exact) mass is 610 g/mol. The van der Waals surface area contributed by atoms with Crippen molar-refractivity contribution in [1.82, 2.24) is 0 Å². The van der Waals surface area contributed by atoms with Crippen LogP contribution in [0.25, 0.3) is 0 Å². The van der Waals surface area contributed by atoms with Gasteiger partial charge >= 0.3 is 68.0 Å². The van der Waals surface area contributed by atoms with Crippen molar-refractivity contribution in [3.8, 4) is 0 Å². The Bertz CT molecular complexity index is 98.1. The summed E-state index contributed by atoms with van der Waals surface area (Å²) in [4.78, 5) is 0. The first-order chi connectivity index (χ1) is 5.73. The molecule has 0 unspecified atom stereocenters. The molecule has 0 saturated heterocycles. The Hall–Kier alpha value is 2.80. The summed E-state index contributed by atoms with van der Waals surface area (Å²) in [6.07, 6.45) is 0. The van der Waals surface area contributed by atoms with E-state index in [1.54, 1.807) is 0 Å². The van der Waals surface area contributed by atoms with Crippen LogP contribution in [0.4, 0.5) is 0 Å². The number of hydrogen-bond donors (Lipinski definition) is 0. The summed E-state index contributed by atoms with van der Waals surface area (Å²) in [5.41, 5.74) is 0. The van der Waals surface area contributed by atoms with Crippen LogP contribution in [-0.2, 0) is 27.1 Å². The van der Waals surface area contributed by atoms with E-state index in [2.05, 4.69) is 40.9 Å². The Morgan fingerprint density at radius 1 is 0.625 bits per heavy atom. The molecule has 2 N–H and O–H groups in total. The summed E-state index contributed by atoms with van der Waals surface area (Å²) >= 11 is 9.74. The predicted molar refractivity (Wildman–Crippen MR) is 30.4 cm³/mol. The van der Waals surface area contributed by atoms with Crippen LogP contribution in [0.1, 0.15) is 0 Å². The van der Waals surface area contributed by atoms with Gasteiger partial charge in [-0.1, -0.05) is 0 Å². The van der Waals surface area contributed by atoms with E-state index in [0.717, 1.165) is 0 Å². The van der Waals surface area contributed by atoms with Gasteiger partial charge in [0.1, 0.15) is 0 Å². The summed E-state index contributed by atoms with van der Waals surface area (Å²) in [6, 6.07) is 0. The Kier molecular flexibility index (Phi) is 31.0. The van der Waals surface area contributed by atoms with Gasteiger partial charge in [-0.25, -0.2) is 37.3 Å². The molecule has 0 fully saturated rings. The van der Waals surface area contributed by atoms with Crippen LogP contribution in [0.3, 0.4) is 0 Å². The van der Waals surface area contributed by atoms with Crippen LogP contribution < -0.4 is 37.3 Å². The van der Waals surface area contributed by atoms with Gasteiger partial charge in [-0.3, -0.25) is 0 Å². The van der Waals surface area contributed by atoms with Gasteiger partial charge in [0.2, 0.25) is 0 Å². The van der Waals surface area contributed by atoms with Gasteiger partial charge in [0.05, 0.1) is 0 Å². The van der Waals surface area contributed by atoms with Crippen molar-refractivity contribution in [3.05, 3.63) is 0 Å². The van der Waals surface area contributed by atoms with Crippen LogP contribution in [-0.4, -0.2) is 5.48 Å². The molecule has 0 aromatic carbocycles. The Labute approximate surface area is 130 Å². The summed E-state index contributed by atoms with van der Waals surface area (Å²) in [5.74, 6) is 0.